The van der Waals surface area contributed by atoms with Crippen molar-refractivity contribution in [3.05, 3.63) is 45.8 Å². The third kappa shape index (κ3) is 3.97. The first-order valence-electron chi connectivity index (χ1n) is 9.54. The lowest BCUT2D eigenvalue weighted by Gasteiger charge is -2.19. The Balaban J connectivity index is 1.96. The van der Waals surface area contributed by atoms with E-state index in [1.165, 1.54) is 4.68 Å². The Labute approximate surface area is 168 Å². The number of nitrogens with one attached hydrogen (secondary N) is 1. The van der Waals surface area contributed by atoms with Crippen LogP contribution in [0, 0.1) is 17.0 Å². The number of rotatable bonds is 8. The molecule has 0 aliphatic carbocycles. The number of anilines is 1. The fraction of sp³-hybridized carbons (Fsp3) is 0.421. The second kappa shape index (κ2) is 8.39. The summed E-state index contributed by atoms with van der Waals surface area (Å²) in [5.74, 6) is -0.305. The summed E-state index contributed by atoms with van der Waals surface area (Å²) in [6, 6.07) is 7.60. The van der Waals surface area contributed by atoms with E-state index < -0.39 is 10.8 Å². The number of hydrogen-bond acceptors (Lipinski definition) is 6. The number of fused-ring (bicyclic) bond motifs is 1. The van der Waals surface area contributed by atoms with E-state index >= 15 is 0 Å². The third-order valence-electron chi connectivity index (χ3n) is 5.11. The van der Waals surface area contributed by atoms with E-state index in [0.29, 0.717) is 18.2 Å². The molecule has 0 aliphatic heterocycles. The van der Waals surface area contributed by atoms with Gasteiger partial charge in [0.2, 0.25) is 11.6 Å². The molecule has 0 fully saturated rings. The van der Waals surface area contributed by atoms with Crippen molar-refractivity contribution >= 4 is 28.6 Å². The molecule has 10 nitrogen and oxygen atoms in total. The van der Waals surface area contributed by atoms with Crippen molar-refractivity contribution in [3.63, 3.8) is 0 Å². The number of imidazole rings is 1. The van der Waals surface area contributed by atoms with Gasteiger partial charge in [0.25, 0.3) is 5.91 Å². The molecule has 3 rings (SSSR count). The van der Waals surface area contributed by atoms with Crippen LogP contribution < -0.4 is 5.32 Å². The van der Waals surface area contributed by atoms with Gasteiger partial charge in [-0.1, -0.05) is 26.0 Å². The van der Waals surface area contributed by atoms with Gasteiger partial charge in [-0.2, -0.15) is 5.10 Å². The largest absolute Gasteiger partial charge is 0.322 e. The number of likely N-dealkylation sites (N-methyl/N-ethyl adjacent to an activating group) is 1. The van der Waals surface area contributed by atoms with E-state index in [9.17, 15) is 14.9 Å². The van der Waals surface area contributed by atoms with Gasteiger partial charge in [-0.25, -0.2) is 4.98 Å². The van der Waals surface area contributed by atoms with Crippen molar-refractivity contribution in [2.45, 2.75) is 27.3 Å². The molecule has 1 N–H and O–H groups in total. The number of carbonyl (C=O) groups is 1. The molecule has 154 valence electrons. The highest BCUT2D eigenvalue weighted by molar-refractivity contribution is 6.05. The van der Waals surface area contributed by atoms with Gasteiger partial charge in [-0.3, -0.25) is 24.9 Å². The maximum absolute atomic E-state index is 12.8. The summed E-state index contributed by atoms with van der Waals surface area (Å²) in [7, 11) is 1.57. The molecule has 2 heterocycles. The third-order valence-corrected chi connectivity index (χ3v) is 5.11. The Morgan fingerprint density at radius 2 is 1.97 bits per heavy atom. The zero-order chi connectivity index (χ0) is 21.1. The number of aromatic nitrogens is 4. The standard InChI is InChI=1S/C19H25N7O3/c1-5-24(6-2)11-12-25-15-10-8-7-9-14(15)20-19(25)21-18(27)16-17(26(28)29)13(3)23(4)22-16/h7-10H,5-6,11-12H2,1-4H3,(H,20,21,27). The average Bonchev–Trinajstić information content (AvgIpc) is 3.20. The molecule has 0 spiro atoms. The van der Waals surface area contributed by atoms with Crippen LogP contribution in [0.5, 0.6) is 0 Å². The molecule has 0 saturated heterocycles. The van der Waals surface area contributed by atoms with Crippen molar-refractivity contribution < 1.29 is 9.72 Å². The van der Waals surface area contributed by atoms with E-state index in [1.807, 2.05) is 28.8 Å². The summed E-state index contributed by atoms with van der Waals surface area (Å²) in [5.41, 5.74) is 1.43. The molecule has 0 radical (unpaired) electrons. The van der Waals surface area contributed by atoms with Gasteiger partial charge in [0.05, 0.1) is 16.0 Å². The number of nitro groups is 1. The lowest BCUT2D eigenvalue weighted by atomic mass is 10.3. The van der Waals surface area contributed by atoms with Crippen LogP contribution in [0.4, 0.5) is 11.6 Å². The summed E-state index contributed by atoms with van der Waals surface area (Å²) in [4.78, 5) is 30.4. The lowest BCUT2D eigenvalue weighted by molar-refractivity contribution is -0.385. The van der Waals surface area contributed by atoms with Gasteiger partial charge in [-0.05, 0) is 32.1 Å². The second-order valence-corrected chi connectivity index (χ2v) is 6.72. The molecule has 0 atom stereocenters. The summed E-state index contributed by atoms with van der Waals surface area (Å²) >= 11 is 0. The van der Waals surface area contributed by atoms with Crippen LogP contribution in [0.2, 0.25) is 0 Å². The molecule has 1 amide bonds. The fourth-order valence-electron chi connectivity index (χ4n) is 3.31. The number of hydrogen-bond donors (Lipinski definition) is 1. The van der Waals surface area contributed by atoms with E-state index in [1.54, 1.807) is 14.0 Å². The van der Waals surface area contributed by atoms with Crippen molar-refractivity contribution in [1.82, 2.24) is 24.2 Å². The highest BCUT2D eigenvalue weighted by atomic mass is 16.6. The Bertz CT molecular complexity index is 1050. The number of carbonyl (C=O) groups excluding carboxylic acids is 1. The minimum Gasteiger partial charge on any atom is -0.309 e. The number of benzene rings is 1. The number of nitrogens with zero attached hydrogens (tertiary/aromatic N) is 6. The second-order valence-electron chi connectivity index (χ2n) is 6.72. The summed E-state index contributed by atoms with van der Waals surface area (Å²) < 4.78 is 3.25. The molecular weight excluding hydrogens is 374 g/mol. The first-order valence-corrected chi connectivity index (χ1v) is 9.54. The minimum atomic E-state index is -0.653. The average molecular weight is 399 g/mol. The van der Waals surface area contributed by atoms with Crippen LogP contribution in [0.3, 0.4) is 0 Å². The first-order chi connectivity index (χ1) is 13.9. The van der Waals surface area contributed by atoms with E-state index in [0.717, 1.165) is 30.7 Å². The minimum absolute atomic E-state index is 0.225. The molecule has 0 saturated carbocycles. The summed E-state index contributed by atoms with van der Waals surface area (Å²) in [6.07, 6.45) is 0. The molecule has 0 unspecified atom stereocenters. The Morgan fingerprint density at radius 1 is 1.28 bits per heavy atom. The van der Waals surface area contributed by atoms with Crippen LogP contribution in [-0.2, 0) is 13.6 Å². The van der Waals surface area contributed by atoms with E-state index in [2.05, 4.69) is 34.1 Å². The summed E-state index contributed by atoms with van der Waals surface area (Å²) in [5, 5.41) is 18.2. The van der Waals surface area contributed by atoms with Gasteiger partial charge in [0.15, 0.2) is 0 Å². The van der Waals surface area contributed by atoms with Crippen LogP contribution in [0.15, 0.2) is 24.3 Å². The Morgan fingerprint density at radius 3 is 2.62 bits per heavy atom. The quantitative estimate of drug-likeness (QED) is 0.460. The predicted molar refractivity (Wildman–Crippen MR) is 110 cm³/mol. The van der Waals surface area contributed by atoms with Crippen LogP contribution >= 0.6 is 0 Å². The molecular formula is C19H25N7O3. The molecule has 0 bridgehead atoms. The van der Waals surface area contributed by atoms with Crippen molar-refractivity contribution in [3.8, 4) is 0 Å². The van der Waals surface area contributed by atoms with Crippen LogP contribution in [0.25, 0.3) is 11.0 Å². The van der Waals surface area contributed by atoms with E-state index in [-0.39, 0.29) is 11.4 Å². The zero-order valence-electron chi connectivity index (χ0n) is 17.0. The molecule has 10 heteroatoms. The number of aryl methyl sites for hydroxylation is 1. The maximum atomic E-state index is 12.8. The molecule has 2 aromatic heterocycles. The van der Waals surface area contributed by atoms with Crippen molar-refractivity contribution in [2.24, 2.45) is 7.05 Å². The smallest absolute Gasteiger partial charge is 0.309 e. The van der Waals surface area contributed by atoms with Crippen molar-refractivity contribution in [1.29, 1.82) is 0 Å². The highest BCUT2D eigenvalue weighted by Gasteiger charge is 2.30. The molecule has 0 aliphatic rings. The maximum Gasteiger partial charge on any atom is 0.322 e. The summed E-state index contributed by atoms with van der Waals surface area (Å²) in [6.45, 7) is 9.01. The van der Waals surface area contributed by atoms with Gasteiger partial charge >= 0.3 is 5.69 Å². The van der Waals surface area contributed by atoms with Crippen molar-refractivity contribution in [2.75, 3.05) is 25.0 Å². The lowest BCUT2D eigenvalue weighted by Crippen LogP contribution is -2.28. The Hall–Kier alpha value is -3.27. The SMILES string of the molecule is CCN(CC)CCn1c(NC(=O)c2nn(C)c(C)c2[N+](=O)[O-])nc2ccccc21. The fourth-order valence-corrected chi connectivity index (χ4v) is 3.31. The monoisotopic (exact) mass is 399 g/mol. The first kappa shape index (κ1) is 20.5. The van der Waals surface area contributed by atoms with Gasteiger partial charge in [0, 0.05) is 20.1 Å². The van der Waals surface area contributed by atoms with E-state index in [4.69, 9.17) is 0 Å². The van der Waals surface area contributed by atoms with Gasteiger partial charge in [0.1, 0.15) is 5.69 Å². The number of para-hydroxylation sites is 2. The highest BCUT2D eigenvalue weighted by Crippen LogP contribution is 2.24. The molecule has 3 aromatic rings. The normalized spacial score (nSPS) is 11.3. The zero-order valence-corrected chi connectivity index (χ0v) is 17.0. The van der Waals surface area contributed by atoms with Gasteiger partial charge in [-0.15, -0.1) is 0 Å². The Kier molecular flexibility index (Phi) is 5.92. The van der Waals surface area contributed by atoms with Gasteiger partial charge < -0.3 is 9.47 Å². The molecule has 29 heavy (non-hydrogen) atoms. The van der Waals surface area contributed by atoms with Crippen LogP contribution in [0.1, 0.15) is 30.0 Å². The predicted octanol–water partition coefficient (Wildman–Crippen LogP) is 2.58. The van der Waals surface area contributed by atoms with Crippen LogP contribution in [-0.4, -0.2) is 54.7 Å². The topological polar surface area (TPSA) is 111 Å². The number of amides is 1. The molecule has 1 aromatic carbocycles.